The lowest BCUT2D eigenvalue weighted by molar-refractivity contribution is 0.626. The van der Waals surface area contributed by atoms with E-state index in [1.165, 1.54) is 23.9 Å². The summed E-state index contributed by atoms with van der Waals surface area (Å²) in [6.07, 6.45) is 2.27. The maximum absolute atomic E-state index is 13.1. The minimum Gasteiger partial charge on any atom is -0.348 e. The molecule has 0 unspecified atom stereocenters. The monoisotopic (exact) mass is 422 g/mol. The molecule has 30 heavy (non-hydrogen) atoms. The van der Waals surface area contributed by atoms with E-state index in [9.17, 15) is 4.39 Å². The van der Waals surface area contributed by atoms with Gasteiger partial charge in [0.25, 0.3) is 0 Å². The molecule has 3 N–H and O–H groups in total. The number of H-pyrrole nitrogens is 1. The van der Waals surface area contributed by atoms with Gasteiger partial charge in [-0.2, -0.15) is 10.1 Å². The van der Waals surface area contributed by atoms with Crippen LogP contribution < -0.4 is 10.6 Å². The SMILES string of the molecule is C[C@H](Nc1ncc(Cl)c(Nc2cc(Cc3ccccc3)[nH]n2)n1)c1ccc(F)cc1. The van der Waals surface area contributed by atoms with Crippen LogP contribution in [0.4, 0.5) is 22.0 Å². The van der Waals surface area contributed by atoms with Crippen LogP contribution >= 0.6 is 11.6 Å². The molecule has 152 valence electrons. The lowest BCUT2D eigenvalue weighted by Crippen LogP contribution is -2.10. The van der Waals surface area contributed by atoms with E-state index < -0.39 is 0 Å². The first-order valence-electron chi connectivity index (χ1n) is 9.46. The first-order valence-corrected chi connectivity index (χ1v) is 9.84. The van der Waals surface area contributed by atoms with E-state index in [1.54, 1.807) is 12.1 Å². The summed E-state index contributed by atoms with van der Waals surface area (Å²) in [4.78, 5) is 8.68. The van der Waals surface area contributed by atoms with Crippen LogP contribution in [-0.4, -0.2) is 20.2 Å². The summed E-state index contributed by atoms with van der Waals surface area (Å²) in [6, 6.07) is 18.2. The van der Waals surface area contributed by atoms with Gasteiger partial charge in [0.05, 0.1) is 12.2 Å². The van der Waals surface area contributed by atoms with Crippen molar-refractivity contribution in [2.24, 2.45) is 0 Å². The molecule has 0 radical (unpaired) electrons. The molecule has 6 nitrogen and oxygen atoms in total. The van der Waals surface area contributed by atoms with E-state index in [0.29, 0.717) is 22.6 Å². The van der Waals surface area contributed by atoms with Gasteiger partial charge in [0.1, 0.15) is 10.8 Å². The molecule has 0 spiro atoms. The molecule has 2 aromatic heterocycles. The molecule has 0 aliphatic heterocycles. The summed E-state index contributed by atoms with van der Waals surface area (Å²) in [5.74, 6) is 1.18. The van der Waals surface area contributed by atoms with Gasteiger partial charge >= 0.3 is 0 Å². The number of nitrogens with zero attached hydrogens (tertiary/aromatic N) is 3. The molecule has 0 saturated heterocycles. The zero-order valence-electron chi connectivity index (χ0n) is 16.2. The van der Waals surface area contributed by atoms with Gasteiger partial charge in [-0.1, -0.05) is 54.1 Å². The lowest BCUT2D eigenvalue weighted by Gasteiger charge is -2.15. The van der Waals surface area contributed by atoms with Gasteiger partial charge in [0.15, 0.2) is 11.6 Å². The second-order valence-corrected chi connectivity index (χ2v) is 7.28. The van der Waals surface area contributed by atoms with E-state index in [0.717, 1.165) is 17.7 Å². The molecule has 0 fully saturated rings. The third-order valence-corrected chi connectivity index (χ3v) is 4.85. The Balaban J connectivity index is 1.45. The molecule has 4 rings (SSSR count). The first-order chi connectivity index (χ1) is 14.6. The Morgan fingerprint density at radius 2 is 1.87 bits per heavy atom. The number of benzene rings is 2. The fourth-order valence-electron chi connectivity index (χ4n) is 3.01. The third kappa shape index (κ3) is 4.93. The average molecular weight is 423 g/mol. The highest BCUT2D eigenvalue weighted by molar-refractivity contribution is 6.32. The Labute approximate surface area is 178 Å². The zero-order chi connectivity index (χ0) is 20.9. The highest BCUT2D eigenvalue weighted by atomic mass is 35.5. The van der Waals surface area contributed by atoms with Crippen LogP contribution in [-0.2, 0) is 6.42 Å². The van der Waals surface area contributed by atoms with Crippen molar-refractivity contribution < 1.29 is 4.39 Å². The topological polar surface area (TPSA) is 78.5 Å². The molecular weight excluding hydrogens is 403 g/mol. The minimum atomic E-state index is -0.272. The van der Waals surface area contributed by atoms with Crippen LogP contribution in [0, 0.1) is 5.82 Å². The Morgan fingerprint density at radius 1 is 1.10 bits per heavy atom. The van der Waals surface area contributed by atoms with E-state index >= 15 is 0 Å². The summed E-state index contributed by atoms with van der Waals surface area (Å²) in [5, 5.41) is 14.0. The Hall–Kier alpha value is -3.45. The van der Waals surface area contributed by atoms with Crippen LogP contribution in [0.3, 0.4) is 0 Å². The molecule has 0 amide bonds. The number of aromatic nitrogens is 4. The summed E-state index contributed by atoms with van der Waals surface area (Å²) in [6.45, 7) is 1.95. The van der Waals surface area contributed by atoms with Crippen molar-refractivity contribution in [3.05, 3.63) is 94.5 Å². The van der Waals surface area contributed by atoms with E-state index in [1.807, 2.05) is 31.2 Å². The number of hydrogen-bond acceptors (Lipinski definition) is 5. The summed E-state index contributed by atoms with van der Waals surface area (Å²) >= 11 is 6.26. The zero-order valence-corrected chi connectivity index (χ0v) is 17.0. The fraction of sp³-hybridized carbons (Fsp3) is 0.136. The van der Waals surface area contributed by atoms with Crippen LogP contribution in [0.15, 0.2) is 66.9 Å². The van der Waals surface area contributed by atoms with Gasteiger partial charge in [0, 0.05) is 18.2 Å². The maximum Gasteiger partial charge on any atom is 0.225 e. The number of halogens is 2. The summed E-state index contributed by atoms with van der Waals surface area (Å²) in [5.41, 5.74) is 3.08. The molecule has 2 heterocycles. The van der Waals surface area contributed by atoms with Crippen LogP contribution in [0.1, 0.15) is 29.8 Å². The Bertz CT molecular complexity index is 1110. The molecule has 0 bridgehead atoms. The van der Waals surface area contributed by atoms with Gasteiger partial charge in [-0.3, -0.25) is 5.10 Å². The molecular formula is C22H20ClFN6. The molecule has 8 heteroatoms. The molecule has 2 aromatic carbocycles. The van der Waals surface area contributed by atoms with Crippen LogP contribution in [0.5, 0.6) is 0 Å². The predicted octanol–water partition coefficient (Wildman–Crippen LogP) is 5.50. The average Bonchev–Trinajstić information content (AvgIpc) is 3.18. The van der Waals surface area contributed by atoms with Crippen LogP contribution in [0.25, 0.3) is 0 Å². The molecule has 0 aliphatic rings. The van der Waals surface area contributed by atoms with Gasteiger partial charge in [-0.25, -0.2) is 9.37 Å². The third-order valence-electron chi connectivity index (χ3n) is 4.57. The van der Waals surface area contributed by atoms with Gasteiger partial charge in [-0.15, -0.1) is 0 Å². The fourth-order valence-corrected chi connectivity index (χ4v) is 3.14. The summed E-state index contributed by atoms with van der Waals surface area (Å²) in [7, 11) is 0. The number of hydrogen-bond donors (Lipinski definition) is 3. The van der Waals surface area contributed by atoms with Gasteiger partial charge in [-0.05, 0) is 30.2 Å². The highest BCUT2D eigenvalue weighted by Crippen LogP contribution is 2.25. The second-order valence-electron chi connectivity index (χ2n) is 6.87. The van der Waals surface area contributed by atoms with Crippen molar-refractivity contribution in [3.63, 3.8) is 0 Å². The van der Waals surface area contributed by atoms with Crippen molar-refractivity contribution in [1.29, 1.82) is 0 Å². The summed E-state index contributed by atoms with van der Waals surface area (Å²) < 4.78 is 13.1. The second kappa shape index (κ2) is 8.92. The van der Waals surface area contributed by atoms with Crippen molar-refractivity contribution in [3.8, 4) is 0 Å². The number of anilines is 3. The highest BCUT2D eigenvalue weighted by Gasteiger charge is 2.12. The predicted molar refractivity (Wildman–Crippen MR) is 117 cm³/mol. The molecule has 0 saturated carbocycles. The van der Waals surface area contributed by atoms with E-state index in [4.69, 9.17) is 11.6 Å². The standard InChI is InChI=1S/C22H20ClFN6/c1-14(16-7-9-17(24)10-8-16)26-22-25-13-19(23)21(28-22)27-20-12-18(29-30-20)11-15-5-3-2-4-6-15/h2-10,12-14H,11H2,1H3,(H3,25,26,27,28,29,30)/t14-/m0/s1. The van der Waals surface area contributed by atoms with Crippen molar-refractivity contribution in [1.82, 2.24) is 20.2 Å². The maximum atomic E-state index is 13.1. The van der Waals surface area contributed by atoms with Crippen molar-refractivity contribution >= 4 is 29.2 Å². The lowest BCUT2D eigenvalue weighted by atomic mass is 10.1. The number of aromatic amines is 1. The van der Waals surface area contributed by atoms with Crippen molar-refractivity contribution in [2.75, 3.05) is 10.6 Å². The van der Waals surface area contributed by atoms with E-state index in [2.05, 4.69) is 42.9 Å². The Kier molecular flexibility index (Phi) is 5.90. The first kappa shape index (κ1) is 19.8. The number of rotatable bonds is 7. The minimum absolute atomic E-state index is 0.109. The van der Waals surface area contributed by atoms with Crippen LogP contribution in [0.2, 0.25) is 5.02 Å². The molecule has 0 aliphatic carbocycles. The smallest absolute Gasteiger partial charge is 0.225 e. The normalized spacial score (nSPS) is 11.8. The largest absolute Gasteiger partial charge is 0.348 e. The quantitative estimate of drug-likeness (QED) is 0.366. The van der Waals surface area contributed by atoms with E-state index in [-0.39, 0.29) is 11.9 Å². The van der Waals surface area contributed by atoms with Crippen molar-refractivity contribution in [2.45, 2.75) is 19.4 Å². The molecule has 1 atom stereocenters. The number of nitrogens with one attached hydrogen (secondary N) is 3. The molecule has 4 aromatic rings. The van der Waals surface area contributed by atoms with Gasteiger partial charge in [0.2, 0.25) is 5.95 Å². The van der Waals surface area contributed by atoms with Gasteiger partial charge < -0.3 is 10.6 Å². The Morgan fingerprint density at radius 3 is 2.63 bits per heavy atom.